The highest BCUT2D eigenvalue weighted by molar-refractivity contribution is 5.57. The van der Waals surface area contributed by atoms with E-state index in [4.69, 9.17) is 9.84 Å². The minimum Gasteiger partial charge on any atom is -0.488 e. The number of hydrogen-bond acceptors (Lipinski definition) is 3. The smallest absolute Gasteiger partial charge is 0.488 e. The average Bonchev–Trinajstić information content (AvgIpc) is 2.45. The fraction of sp³-hybridized carbons (Fsp3) is 0.133. The van der Waals surface area contributed by atoms with Crippen LogP contribution in [0.15, 0.2) is 54.6 Å². The van der Waals surface area contributed by atoms with Crippen molar-refractivity contribution in [1.29, 1.82) is 0 Å². The maximum Gasteiger partial charge on any atom is 0.506 e. The summed E-state index contributed by atoms with van der Waals surface area (Å²) in [6, 6.07) is 17.0. The Morgan fingerprint density at radius 1 is 0.947 bits per heavy atom. The highest BCUT2D eigenvalue weighted by atomic mass is 16.7. The quantitative estimate of drug-likeness (QED) is 0.834. The molecular weight excluding hydrogens is 244 g/mol. The molecule has 0 unspecified atom stereocenters. The molecule has 0 aliphatic heterocycles. The van der Waals surface area contributed by atoms with Crippen molar-refractivity contribution in [3.05, 3.63) is 65.7 Å². The number of ether oxygens (including phenoxy) is 2. The zero-order chi connectivity index (χ0) is 13.5. The summed E-state index contributed by atoms with van der Waals surface area (Å²) in [6.45, 7) is 0.422. The Morgan fingerprint density at radius 2 is 1.63 bits per heavy atom. The van der Waals surface area contributed by atoms with Crippen LogP contribution in [0.5, 0.6) is 5.75 Å². The van der Waals surface area contributed by atoms with Gasteiger partial charge in [-0.3, -0.25) is 0 Å². The van der Waals surface area contributed by atoms with E-state index >= 15 is 0 Å². The van der Waals surface area contributed by atoms with Gasteiger partial charge >= 0.3 is 6.16 Å². The van der Waals surface area contributed by atoms with Gasteiger partial charge in [0.25, 0.3) is 0 Å². The molecule has 0 radical (unpaired) electrons. The van der Waals surface area contributed by atoms with Gasteiger partial charge in [-0.15, -0.1) is 0 Å². The van der Waals surface area contributed by atoms with E-state index in [2.05, 4.69) is 4.74 Å². The second-order valence-electron chi connectivity index (χ2n) is 3.94. The van der Waals surface area contributed by atoms with Crippen LogP contribution in [0.1, 0.15) is 11.1 Å². The molecule has 4 heteroatoms. The number of carbonyl (C=O) groups is 1. The monoisotopic (exact) mass is 258 g/mol. The fourth-order valence-electron chi connectivity index (χ4n) is 1.64. The highest BCUT2D eigenvalue weighted by Gasteiger charge is 2.06. The maximum absolute atomic E-state index is 10.4. The third kappa shape index (κ3) is 4.03. The lowest BCUT2D eigenvalue weighted by atomic mass is 10.2. The molecule has 0 heterocycles. The molecule has 0 fully saturated rings. The molecule has 98 valence electrons. The summed E-state index contributed by atoms with van der Waals surface area (Å²) in [5.74, 6) is 0.632. The summed E-state index contributed by atoms with van der Waals surface area (Å²) >= 11 is 0. The predicted octanol–water partition coefficient (Wildman–Crippen LogP) is 3.46. The van der Waals surface area contributed by atoms with Crippen molar-refractivity contribution in [1.82, 2.24) is 0 Å². The van der Waals surface area contributed by atoms with Crippen LogP contribution in [-0.2, 0) is 18.0 Å². The van der Waals surface area contributed by atoms with Gasteiger partial charge < -0.3 is 14.6 Å². The molecule has 0 saturated carbocycles. The molecule has 0 aliphatic rings. The van der Waals surface area contributed by atoms with Gasteiger partial charge in [0.2, 0.25) is 0 Å². The molecule has 2 aromatic rings. The molecule has 0 aromatic heterocycles. The van der Waals surface area contributed by atoms with Crippen molar-refractivity contribution in [2.45, 2.75) is 13.2 Å². The van der Waals surface area contributed by atoms with Gasteiger partial charge in [0, 0.05) is 5.56 Å². The molecule has 19 heavy (non-hydrogen) atoms. The van der Waals surface area contributed by atoms with Crippen molar-refractivity contribution >= 4 is 6.16 Å². The summed E-state index contributed by atoms with van der Waals surface area (Å²) in [4.78, 5) is 10.4. The zero-order valence-electron chi connectivity index (χ0n) is 10.3. The summed E-state index contributed by atoms with van der Waals surface area (Å²) in [7, 11) is 0. The lowest BCUT2D eigenvalue weighted by Gasteiger charge is -2.11. The Bertz CT molecular complexity index is 537. The van der Waals surface area contributed by atoms with Gasteiger partial charge in [-0.1, -0.05) is 48.5 Å². The van der Waals surface area contributed by atoms with Gasteiger partial charge in [-0.05, 0) is 11.6 Å². The number of rotatable bonds is 5. The average molecular weight is 258 g/mol. The van der Waals surface area contributed by atoms with E-state index in [1.165, 1.54) is 0 Å². The van der Waals surface area contributed by atoms with Crippen LogP contribution >= 0.6 is 0 Å². The molecule has 0 bridgehead atoms. The Morgan fingerprint density at radius 3 is 2.37 bits per heavy atom. The van der Waals surface area contributed by atoms with Gasteiger partial charge in [0.15, 0.2) is 0 Å². The topological polar surface area (TPSA) is 55.8 Å². The Labute approximate surface area is 111 Å². The molecule has 0 saturated heterocycles. The summed E-state index contributed by atoms with van der Waals surface area (Å²) < 4.78 is 10.2. The number of benzene rings is 2. The second kappa shape index (κ2) is 6.44. The van der Waals surface area contributed by atoms with E-state index in [0.29, 0.717) is 17.9 Å². The van der Waals surface area contributed by atoms with Crippen LogP contribution in [0, 0.1) is 0 Å². The van der Waals surface area contributed by atoms with Gasteiger partial charge in [0.05, 0.1) is 0 Å². The molecule has 0 spiro atoms. The molecule has 0 aliphatic carbocycles. The third-order valence-electron chi connectivity index (χ3n) is 2.56. The number of hydrogen-bond donors (Lipinski definition) is 1. The Balaban J connectivity index is 2.01. The van der Waals surface area contributed by atoms with Crippen LogP contribution in [0.4, 0.5) is 4.79 Å². The first kappa shape index (κ1) is 13.0. The van der Waals surface area contributed by atoms with Crippen molar-refractivity contribution in [3.8, 4) is 5.75 Å². The van der Waals surface area contributed by atoms with E-state index in [9.17, 15) is 4.79 Å². The molecule has 0 amide bonds. The molecule has 4 nitrogen and oxygen atoms in total. The lowest BCUT2D eigenvalue weighted by Crippen LogP contribution is -2.03. The van der Waals surface area contributed by atoms with Crippen LogP contribution in [-0.4, -0.2) is 11.3 Å². The van der Waals surface area contributed by atoms with Gasteiger partial charge in [0.1, 0.15) is 19.0 Å². The Hall–Kier alpha value is -2.49. The predicted molar refractivity (Wildman–Crippen MR) is 70.0 cm³/mol. The SMILES string of the molecule is O=C(O)OCc1ccccc1OCc1ccccc1. The first-order valence-electron chi connectivity index (χ1n) is 5.86. The van der Waals surface area contributed by atoms with E-state index in [1.807, 2.05) is 42.5 Å². The summed E-state index contributed by atoms with van der Waals surface area (Å²) in [5, 5.41) is 8.51. The largest absolute Gasteiger partial charge is 0.506 e. The van der Waals surface area contributed by atoms with Crippen molar-refractivity contribution < 1.29 is 19.4 Å². The number of carboxylic acid groups (broad SMARTS) is 1. The van der Waals surface area contributed by atoms with Crippen molar-refractivity contribution in [2.75, 3.05) is 0 Å². The lowest BCUT2D eigenvalue weighted by molar-refractivity contribution is 0.0844. The van der Waals surface area contributed by atoms with Crippen molar-refractivity contribution in [3.63, 3.8) is 0 Å². The first-order chi connectivity index (χ1) is 9.25. The molecule has 2 aromatic carbocycles. The van der Waals surface area contributed by atoms with Crippen LogP contribution in [0.25, 0.3) is 0 Å². The van der Waals surface area contributed by atoms with E-state index < -0.39 is 6.16 Å². The fourth-order valence-corrected chi connectivity index (χ4v) is 1.64. The second-order valence-corrected chi connectivity index (χ2v) is 3.94. The van der Waals surface area contributed by atoms with Crippen LogP contribution in [0.3, 0.4) is 0 Å². The normalized spacial score (nSPS) is 9.89. The Kier molecular flexibility index (Phi) is 4.39. The van der Waals surface area contributed by atoms with E-state index in [1.54, 1.807) is 12.1 Å². The summed E-state index contributed by atoms with van der Waals surface area (Å²) in [6.07, 6.45) is -1.29. The molecular formula is C15H14O4. The van der Waals surface area contributed by atoms with E-state index in [0.717, 1.165) is 5.56 Å². The third-order valence-corrected chi connectivity index (χ3v) is 2.56. The van der Waals surface area contributed by atoms with Crippen molar-refractivity contribution in [2.24, 2.45) is 0 Å². The minimum absolute atomic E-state index is 0.0136. The molecule has 0 atom stereocenters. The summed E-state index contributed by atoms with van der Waals surface area (Å²) in [5.41, 5.74) is 1.76. The first-order valence-corrected chi connectivity index (χ1v) is 5.86. The molecule has 1 N–H and O–H groups in total. The maximum atomic E-state index is 10.4. The van der Waals surface area contributed by atoms with Gasteiger partial charge in [-0.2, -0.15) is 0 Å². The zero-order valence-corrected chi connectivity index (χ0v) is 10.3. The highest BCUT2D eigenvalue weighted by Crippen LogP contribution is 2.20. The van der Waals surface area contributed by atoms with Crippen LogP contribution in [0.2, 0.25) is 0 Å². The van der Waals surface area contributed by atoms with Gasteiger partial charge in [-0.25, -0.2) is 4.79 Å². The molecule has 2 rings (SSSR count). The van der Waals surface area contributed by atoms with Crippen LogP contribution < -0.4 is 4.74 Å². The van der Waals surface area contributed by atoms with E-state index in [-0.39, 0.29) is 6.61 Å². The minimum atomic E-state index is -1.29. The standard InChI is InChI=1S/C15H14O4/c16-15(17)19-11-13-8-4-5-9-14(13)18-10-12-6-2-1-3-7-12/h1-9H,10-11H2,(H,16,17). The number of para-hydroxylation sites is 1.